The number of nitrogens with one attached hydrogen (secondary N) is 1. The van der Waals surface area contributed by atoms with E-state index in [1.165, 1.54) is 12.8 Å². The minimum atomic E-state index is 0.0466. The zero-order valence-corrected chi connectivity index (χ0v) is 11.9. The third-order valence-corrected chi connectivity index (χ3v) is 4.77. The molecule has 1 aromatic carbocycles. The van der Waals surface area contributed by atoms with Gasteiger partial charge in [-0.3, -0.25) is 4.79 Å². The number of halogens is 2. The molecule has 92 valence electrons. The van der Waals surface area contributed by atoms with Crippen molar-refractivity contribution in [3.8, 4) is 0 Å². The summed E-state index contributed by atoms with van der Waals surface area (Å²) in [7, 11) is 0. The first-order chi connectivity index (χ1) is 8.15. The minimum absolute atomic E-state index is 0.0466. The first kappa shape index (κ1) is 12.9. The van der Waals surface area contributed by atoms with Crippen molar-refractivity contribution in [2.45, 2.75) is 19.3 Å². The summed E-state index contributed by atoms with van der Waals surface area (Å²) in [6.07, 6.45) is 2.76. The van der Waals surface area contributed by atoms with Crippen molar-refractivity contribution in [1.82, 2.24) is 5.32 Å². The lowest BCUT2D eigenvalue weighted by Gasteiger charge is -2.12. The maximum Gasteiger partial charge on any atom is 0.224 e. The third-order valence-electron chi connectivity index (χ3n) is 3.21. The molecule has 0 radical (unpaired) electrons. The van der Waals surface area contributed by atoms with Gasteiger partial charge in [-0.1, -0.05) is 45.7 Å². The average molecular weight is 317 g/mol. The second-order valence-corrected chi connectivity index (χ2v) is 5.65. The van der Waals surface area contributed by atoms with Crippen molar-refractivity contribution in [1.29, 1.82) is 0 Å². The van der Waals surface area contributed by atoms with Gasteiger partial charge >= 0.3 is 0 Å². The van der Waals surface area contributed by atoms with E-state index < -0.39 is 0 Å². The standard InChI is InChI=1S/C13H15BrClNO/c14-8-13(5-6-13)9-16-12(17)7-10-3-1-2-4-11(10)15/h1-4H,5-9H2,(H,16,17). The van der Waals surface area contributed by atoms with Crippen LogP contribution in [0.4, 0.5) is 0 Å². The Morgan fingerprint density at radius 2 is 2.12 bits per heavy atom. The molecule has 0 saturated heterocycles. The van der Waals surface area contributed by atoms with Gasteiger partial charge in [0.05, 0.1) is 6.42 Å². The molecule has 0 aliphatic heterocycles. The molecular weight excluding hydrogens is 302 g/mol. The Hall–Kier alpha value is -0.540. The Morgan fingerprint density at radius 3 is 2.71 bits per heavy atom. The van der Waals surface area contributed by atoms with Crippen molar-refractivity contribution in [3.63, 3.8) is 0 Å². The van der Waals surface area contributed by atoms with Crippen LogP contribution in [-0.2, 0) is 11.2 Å². The molecule has 1 aliphatic rings. The van der Waals surface area contributed by atoms with E-state index in [4.69, 9.17) is 11.6 Å². The number of hydrogen-bond acceptors (Lipinski definition) is 1. The van der Waals surface area contributed by atoms with Crippen LogP contribution in [0.2, 0.25) is 5.02 Å². The molecule has 1 N–H and O–H groups in total. The van der Waals surface area contributed by atoms with Crippen molar-refractivity contribution in [2.75, 3.05) is 11.9 Å². The highest BCUT2D eigenvalue weighted by Gasteiger charge is 2.41. The summed E-state index contributed by atoms with van der Waals surface area (Å²) in [6, 6.07) is 7.47. The molecule has 0 aromatic heterocycles. The predicted octanol–water partition coefficient (Wildman–Crippen LogP) is 3.17. The average Bonchev–Trinajstić information content (AvgIpc) is 3.10. The van der Waals surface area contributed by atoms with Crippen LogP contribution in [0.25, 0.3) is 0 Å². The number of carbonyl (C=O) groups is 1. The molecular formula is C13H15BrClNO. The van der Waals surface area contributed by atoms with E-state index in [0.29, 0.717) is 16.9 Å². The van der Waals surface area contributed by atoms with Gasteiger partial charge in [-0.15, -0.1) is 0 Å². The van der Waals surface area contributed by atoms with E-state index in [9.17, 15) is 4.79 Å². The minimum Gasteiger partial charge on any atom is -0.355 e. The Kier molecular flexibility index (Phi) is 4.10. The normalized spacial score (nSPS) is 16.6. The topological polar surface area (TPSA) is 29.1 Å². The van der Waals surface area contributed by atoms with E-state index in [1.807, 2.05) is 24.3 Å². The quantitative estimate of drug-likeness (QED) is 0.831. The summed E-state index contributed by atoms with van der Waals surface area (Å²) in [6.45, 7) is 0.765. The van der Waals surface area contributed by atoms with Crippen molar-refractivity contribution < 1.29 is 4.79 Å². The summed E-state index contributed by atoms with van der Waals surface area (Å²) in [4.78, 5) is 11.8. The van der Waals surface area contributed by atoms with Crippen LogP contribution in [0.3, 0.4) is 0 Å². The zero-order valence-electron chi connectivity index (χ0n) is 9.51. The van der Waals surface area contributed by atoms with E-state index in [2.05, 4.69) is 21.2 Å². The Balaban J connectivity index is 1.83. The van der Waals surface area contributed by atoms with Crippen LogP contribution < -0.4 is 5.32 Å². The van der Waals surface area contributed by atoms with Crippen LogP contribution in [-0.4, -0.2) is 17.8 Å². The van der Waals surface area contributed by atoms with Gasteiger partial charge < -0.3 is 5.32 Å². The Bertz CT molecular complexity index is 418. The van der Waals surface area contributed by atoms with Crippen molar-refractivity contribution >= 4 is 33.4 Å². The third kappa shape index (κ3) is 3.46. The predicted molar refractivity (Wildman–Crippen MR) is 73.6 cm³/mol. The van der Waals surface area contributed by atoms with E-state index in [-0.39, 0.29) is 5.91 Å². The summed E-state index contributed by atoms with van der Waals surface area (Å²) in [5.41, 5.74) is 1.20. The lowest BCUT2D eigenvalue weighted by atomic mass is 10.1. The van der Waals surface area contributed by atoms with Crippen LogP contribution in [0.5, 0.6) is 0 Å². The monoisotopic (exact) mass is 315 g/mol. The molecule has 1 amide bonds. The van der Waals surface area contributed by atoms with Gasteiger partial charge in [-0.05, 0) is 29.9 Å². The molecule has 0 heterocycles. The van der Waals surface area contributed by atoms with Crippen molar-refractivity contribution in [3.05, 3.63) is 34.9 Å². The molecule has 2 nitrogen and oxygen atoms in total. The van der Waals surface area contributed by atoms with Crippen LogP contribution >= 0.6 is 27.5 Å². The molecule has 1 aromatic rings. The zero-order chi connectivity index (χ0) is 12.3. The summed E-state index contributed by atoms with van der Waals surface area (Å²) in [5, 5.41) is 4.61. The molecule has 4 heteroatoms. The summed E-state index contributed by atoms with van der Waals surface area (Å²) >= 11 is 9.50. The van der Waals surface area contributed by atoms with Gasteiger partial charge in [0.25, 0.3) is 0 Å². The smallest absolute Gasteiger partial charge is 0.224 e. The van der Waals surface area contributed by atoms with E-state index in [1.54, 1.807) is 0 Å². The second kappa shape index (κ2) is 5.40. The molecule has 1 saturated carbocycles. The molecule has 17 heavy (non-hydrogen) atoms. The van der Waals surface area contributed by atoms with Crippen molar-refractivity contribution in [2.24, 2.45) is 5.41 Å². The van der Waals surface area contributed by atoms with Crippen LogP contribution in [0.1, 0.15) is 18.4 Å². The highest BCUT2D eigenvalue weighted by atomic mass is 79.9. The van der Waals surface area contributed by atoms with Gasteiger partial charge in [0.2, 0.25) is 5.91 Å². The number of benzene rings is 1. The van der Waals surface area contributed by atoms with Gasteiger partial charge in [0.1, 0.15) is 0 Å². The lowest BCUT2D eigenvalue weighted by Crippen LogP contribution is -2.32. The summed E-state index contributed by atoms with van der Waals surface area (Å²) < 4.78 is 0. The Morgan fingerprint density at radius 1 is 1.41 bits per heavy atom. The highest BCUT2D eigenvalue weighted by molar-refractivity contribution is 9.09. The Labute approximate surface area is 115 Å². The molecule has 0 bridgehead atoms. The maximum absolute atomic E-state index is 11.8. The van der Waals surface area contributed by atoms with Crippen LogP contribution in [0, 0.1) is 5.41 Å². The van der Waals surface area contributed by atoms with Gasteiger partial charge in [0, 0.05) is 16.9 Å². The largest absolute Gasteiger partial charge is 0.355 e. The molecule has 0 spiro atoms. The first-order valence-corrected chi connectivity index (χ1v) is 7.21. The molecule has 0 unspecified atom stereocenters. The number of hydrogen-bond donors (Lipinski definition) is 1. The maximum atomic E-state index is 11.8. The molecule has 2 rings (SSSR count). The number of rotatable bonds is 5. The van der Waals surface area contributed by atoms with Crippen LogP contribution in [0.15, 0.2) is 24.3 Å². The second-order valence-electron chi connectivity index (χ2n) is 4.68. The van der Waals surface area contributed by atoms with Gasteiger partial charge in [-0.25, -0.2) is 0 Å². The fourth-order valence-electron chi connectivity index (χ4n) is 1.70. The molecule has 1 aliphatic carbocycles. The number of amides is 1. The summed E-state index contributed by atoms with van der Waals surface area (Å²) in [5.74, 6) is 0.0466. The van der Waals surface area contributed by atoms with Gasteiger partial charge in [0.15, 0.2) is 0 Å². The van der Waals surface area contributed by atoms with Gasteiger partial charge in [-0.2, -0.15) is 0 Å². The molecule has 1 fully saturated rings. The lowest BCUT2D eigenvalue weighted by molar-refractivity contribution is -0.120. The number of carbonyl (C=O) groups excluding carboxylic acids is 1. The fraction of sp³-hybridized carbons (Fsp3) is 0.462. The first-order valence-electron chi connectivity index (χ1n) is 5.71. The van der Waals surface area contributed by atoms with E-state index >= 15 is 0 Å². The molecule has 0 atom stereocenters. The SMILES string of the molecule is O=C(Cc1ccccc1Cl)NCC1(CBr)CC1. The number of alkyl halides is 1. The highest BCUT2D eigenvalue weighted by Crippen LogP contribution is 2.46. The fourth-order valence-corrected chi connectivity index (χ4v) is 2.66. The van der Waals surface area contributed by atoms with E-state index in [0.717, 1.165) is 17.4 Å².